The van der Waals surface area contributed by atoms with Crippen LogP contribution in [0.4, 0.5) is 0 Å². The van der Waals surface area contributed by atoms with Crippen LogP contribution in [0, 0.1) is 0 Å². The highest BCUT2D eigenvalue weighted by atomic mass is 32.2. The van der Waals surface area contributed by atoms with Crippen LogP contribution in [0.5, 0.6) is 0 Å². The van der Waals surface area contributed by atoms with Gasteiger partial charge in [-0.25, -0.2) is 0 Å². The standard InChI is InChI=1S/C8H14O5S/c1-7(12-6-9)4-5-8(2)13-14(3,10)11/h4-8H,1-3H3. The number of ether oxygens (including phenoxy) is 1. The summed E-state index contributed by atoms with van der Waals surface area (Å²) in [5.74, 6) is 0. The van der Waals surface area contributed by atoms with Gasteiger partial charge in [-0.2, -0.15) is 8.42 Å². The SMILES string of the molecule is CC(C=CC(C)OS(C)(=O)=O)OC=O. The van der Waals surface area contributed by atoms with E-state index in [9.17, 15) is 13.2 Å². The molecule has 0 saturated heterocycles. The average Bonchev–Trinajstić information content (AvgIpc) is 1.98. The van der Waals surface area contributed by atoms with Gasteiger partial charge in [-0.05, 0) is 19.9 Å². The first-order valence-electron chi connectivity index (χ1n) is 4.01. The molecule has 0 rings (SSSR count). The van der Waals surface area contributed by atoms with Crippen LogP contribution in [0.15, 0.2) is 12.2 Å². The molecular formula is C8H14O5S. The van der Waals surface area contributed by atoms with E-state index in [1.807, 2.05) is 0 Å². The number of carbonyl (C=O) groups is 1. The van der Waals surface area contributed by atoms with E-state index in [-0.39, 0.29) is 0 Å². The van der Waals surface area contributed by atoms with Gasteiger partial charge in [0.2, 0.25) is 0 Å². The Labute approximate surface area is 83.8 Å². The Hall–Kier alpha value is -0.880. The maximum absolute atomic E-state index is 10.7. The lowest BCUT2D eigenvalue weighted by molar-refractivity contribution is -0.130. The first-order chi connectivity index (χ1) is 6.35. The molecule has 2 atom stereocenters. The van der Waals surface area contributed by atoms with E-state index in [2.05, 4.69) is 8.92 Å². The second-order valence-corrected chi connectivity index (χ2v) is 4.43. The zero-order valence-electron chi connectivity index (χ0n) is 8.34. The van der Waals surface area contributed by atoms with Crippen LogP contribution in [-0.4, -0.2) is 33.4 Å². The molecule has 6 heteroatoms. The van der Waals surface area contributed by atoms with E-state index in [0.29, 0.717) is 6.47 Å². The molecule has 0 saturated carbocycles. The van der Waals surface area contributed by atoms with Crippen molar-refractivity contribution in [1.29, 1.82) is 0 Å². The highest BCUT2D eigenvalue weighted by Gasteiger charge is 2.07. The van der Waals surface area contributed by atoms with E-state index in [0.717, 1.165) is 6.26 Å². The zero-order valence-corrected chi connectivity index (χ0v) is 9.15. The largest absolute Gasteiger partial charge is 0.461 e. The van der Waals surface area contributed by atoms with Crippen molar-refractivity contribution in [2.45, 2.75) is 26.1 Å². The first-order valence-corrected chi connectivity index (χ1v) is 5.82. The van der Waals surface area contributed by atoms with Crippen LogP contribution in [0.1, 0.15) is 13.8 Å². The maximum atomic E-state index is 10.7. The Bertz CT molecular complexity index is 293. The summed E-state index contributed by atoms with van der Waals surface area (Å²) < 4.78 is 30.5. The van der Waals surface area contributed by atoms with Gasteiger partial charge in [0, 0.05) is 0 Å². The molecule has 2 unspecified atom stereocenters. The van der Waals surface area contributed by atoms with Gasteiger partial charge in [0.1, 0.15) is 6.10 Å². The highest BCUT2D eigenvalue weighted by Crippen LogP contribution is 2.00. The van der Waals surface area contributed by atoms with E-state index >= 15 is 0 Å². The summed E-state index contributed by atoms with van der Waals surface area (Å²) >= 11 is 0. The van der Waals surface area contributed by atoms with E-state index in [4.69, 9.17) is 0 Å². The van der Waals surface area contributed by atoms with Crippen molar-refractivity contribution < 1.29 is 22.1 Å². The Morgan fingerprint density at radius 3 is 2.07 bits per heavy atom. The molecule has 0 aliphatic heterocycles. The lowest BCUT2D eigenvalue weighted by Crippen LogP contribution is -2.12. The van der Waals surface area contributed by atoms with Crippen molar-refractivity contribution in [2.75, 3.05) is 6.26 Å². The van der Waals surface area contributed by atoms with Crippen LogP contribution in [0.25, 0.3) is 0 Å². The van der Waals surface area contributed by atoms with Crippen molar-refractivity contribution >= 4 is 16.6 Å². The minimum atomic E-state index is -3.45. The molecule has 0 amide bonds. The first kappa shape index (κ1) is 13.1. The van der Waals surface area contributed by atoms with Crippen molar-refractivity contribution in [3.8, 4) is 0 Å². The average molecular weight is 222 g/mol. The highest BCUT2D eigenvalue weighted by molar-refractivity contribution is 7.86. The van der Waals surface area contributed by atoms with E-state index in [1.165, 1.54) is 6.08 Å². The fraction of sp³-hybridized carbons (Fsp3) is 0.625. The molecular weight excluding hydrogens is 208 g/mol. The molecule has 0 aromatic rings. The predicted octanol–water partition coefficient (Wildman–Crippen LogP) is 0.469. The van der Waals surface area contributed by atoms with Gasteiger partial charge in [-0.1, -0.05) is 6.08 Å². The van der Waals surface area contributed by atoms with Gasteiger partial charge in [0.05, 0.1) is 12.4 Å². The third kappa shape index (κ3) is 7.75. The van der Waals surface area contributed by atoms with Crippen LogP contribution in [-0.2, 0) is 23.8 Å². The molecule has 0 fully saturated rings. The molecule has 0 aliphatic carbocycles. The lowest BCUT2D eigenvalue weighted by atomic mass is 10.3. The Balaban J connectivity index is 4.05. The molecule has 0 bridgehead atoms. The van der Waals surface area contributed by atoms with Gasteiger partial charge in [-0.3, -0.25) is 8.98 Å². The summed E-state index contributed by atoms with van der Waals surface area (Å²) in [5, 5.41) is 0. The molecule has 0 aliphatic rings. The predicted molar refractivity (Wildman–Crippen MR) is 51.1 cm³/mol. The molecule has 0 N–H and O–H groups in total. The summed E-state index contributed by atoms with van der Waals surface area (Å²) in [6.07, 6.45) is 3.07. The minimum Gasteiger partial charge on any atom is -0.461 e. The summed E-state index contributed by atoms with van der Waals surface area (Å²) in [4.78, 5) is 9.91. The van der Waals surface area contributed by atoms with Gasteiger partial charge in [-0.15, -0.1) is 0 Å². The molecule has 0 radical (unpaired) electrons. The summed E-state index contributed by atoms with van der Waals surface area (Å²) in [6.45, 7) is 3.56. The number of carbonyl (C=O) groups excluding carboxylic acids is 1. The third-order valence-electron chi connectivity index (χ3n) is 1.25. The molecule has 0 aromatic heterocycles. The maximum Gasteiger partial charge on any atom is 0.293 e. The number of rotatable bonds is 6. The van der Waals surface area contributed by atoms with Crippen LogP contribution in [0.3, 0.4) is 0 Å². The summed E-state index contributed by atoms with van der Waals surface area (Å²) in [5.41, 5.74) is 0. The fourth-order valence-electron chi connectivity index (χ4n) is 0.754. The van der Waals surface area contributed by atoms with Crippen molar-refractivity contribution in [3.05, 3.63) is 12.2 Å². The molecule has 14 heavy (non-hydrogen) atoms. The van der Waals surface area contributed by atoms with Crippen LogP contribution < -0.4 is 0 Å². The monoisotopic (exact) mass is 222 g/mol. The second kappa shape index (κ2) is 5.77. The number of hydrogen-bond donors (Lipinski definition) is 0. The van der Waals surface area contributed by atoms with Crippen molar-refractivity contribution in [3.63, 3.8) is 0 Å². The van der Waals surface area contributed by atoms with E-state index in [1.54, 1.807) is 19.9 Å². The smallest absolute Gasteiger partial charge is 0.293 e. The topological polar surface area (TPSA) is 69.7 Å². The number of hydrogen-bond acceptors (Lipinski definition) is 5. The summed E-state index contributed by atoms with van der Waals surface area (Å²) in [7, 11) is -3.45. The molecule has 82 valence electrons. The van der Waals surface area contributed by atoms with Gasteiger partial charge >= 0.3 is 0 Å². The molecule has 0 heterocycles. The minimum absolute atomic E-state index is 0.330. The molecule has 0 spiro atoms. The summed E-state index contributed by atoms with van der Waals surface area (Å²) in [6, 6.07) is 0. The normalized spacial score (nSPS) is 16.5. The lowest BCUT2D eigenvalue weighted by Gasteiger charge is -2.07. The Morgan fingerprint density at radius 1 is 1.14 bits per heavy atom. The van der Waals surface area contributed by atoms with E-state index < -0.39 is 22.3 Å². The second-order valence-electron chi connectivity index (χ2n) is 2.83. The van der Waals surface area contributed by atoms with Crippen molar-refractivity contribution in [2.24, 2.45) is 0 Å². The van der Waals surface area contributed by atoms with Gasteiger partial charge < -0.3 is 4.74 Å². The molecule has 5 nitrogen and oxygen atoms in total. The Kier molecular flexibility index (Phi) is 5.40. The van der Waals surface area contributed by atoms with Crippen LogP contribution in [0.2, 0.25) is 0 Å². The third-order valence-corrected chi connectivity index (χ3v) is 1.90. The quantitative estimate of drug-likeness (QED) is 0.371. The fourth-order valence-corrected chi connectivity index (χ4v) is 1.37. The Morgan fingerprint density at radius 2 is 1.64 bits per heavy atom. The van der Waals surface area contributed by atoms with Gasteiger partial charge in [0.15, 0.2) is 0 Å². The van der Waals surface area contributed by atoms with Gasteiger partial charge in [0.25, 0.3) is 16.6 Å². The molecule has 0 aromatic carbocycles. The van der Waals surface area contributed by atoms with Crippen LogP contribution >= 0.6 is 0 Å². The van der Waals surface area contributed by atoms with Crippen molar-refractivity contribution in [1.82, 2.24) is 0 Å². The zero-order chi connectivity index (χ0) is 11.2.